The van der Waals surface area contributed by atoms with E-state index in [1.165, 1.54) is 37.4 Å². The van der Waals surface area contributed by atoms with Crippen LogP contribution in [0, 0.1) is 0 Å². The fraction of sp³-hybridized carbons (Fsp3) is 0.333. The van der Waals surface area contributed by atoms with Crippen molar-refractivity contribution in [1.29, 1.82) is 0 Å². The number of carbonyl (C=O) groups is 1. The monoisotopic (exact) mass is 544 g/mol. The predicted molar refractivity (Wildman–Crippen MR) is 136 cm³/mol. The van der Waals surface area contributed by atoms with Crippen molar-refractivity contribution in [2.24, 2.45) is 0 Å². The Bertz CT molecular complexity index is 1430. The topological polar surface area (TPSA) is 185 Å². The third kappa shape index (κ3) is 5.99. The Morgan fingerprint density at radius 1 is 1.03 bits per heavy atom. The second kappa shape index (κ2) is 11.7. The van der Waals surface area contributed by atoms with Crippen LogP contribution in [0.15, 0.2) is 57.8 Å². The molecule has 12 nitrogen and oxygen atoms in total. The number of aliphatic hydroxyl groups excluding tert-OH is 3. The molecule has 0 spiro atoms. The molecule has 1 aromatic heterocycles. The molecule has 39 heavy (non-hydrogen) atoms. The molecule has 0 aliphatic carbocycles. The number of aromatic hydroxyl groups is 2. The summed E-state index contributed by atoms with van der Waals surface area (Å²) in [5.41, 5.74) is -0.223. The van der Waals surface area contributed by atoms with Crippen LogP contribution >= 0.6 is 0 Å². The molecule has 5 atom stereocenters. The molecule has 0 amide bonds. The van der Waals surface area contributed by atoms with Gasteiger partial charge in [0.15, 0.2) is 16.9 Å². The summed E-state index contributed by atoms with van der Waals surface area (Å²) in [7, 11) is 1.37. The van der Waals surface area contributed by atoms with E-state index in [0.717, 1.165) is 6.07 Å². The van der Waals surface area contributed by atoms with Crippen LogP contribution in [-0.2, 0) is 14.3 Å². The van der Waals surface area contributed by atoms with Crippen LogP contribution in [-0.4, -0.2) is 75.9 Å². The smallest absolute Gasteiger partial charge is 0.309 e. The molecule has 12 heteroatoms. The molecule has 208 valence electrons. The van der Waals surface area contributed by atoms with Crippen LogP contribution in [0.4, 0.5) is 0 Å². The van der Waals surface area contributed by atoms with Gasteiger partial charge in [0, 0.05) is 23.8 Å². The van der Waals surface area contributed by atoms with Gasteiger partial charge in [-0.15, -0.1) is 0 Å². The summed E-state index contributed by atoms with van der Waals surface area (Å²) in [5.74, 6) is -1.01. The van der Waals surface area contributed by atoms with Gasteiger partial charge < -0.3 is 48.9 Å². The first-order valence-corrected chi connectivity index (χ1v) is 11.9. The minimum absolute atomic E-state index is 0.00487. The van der Waals surface area contributed by atoms with Gasteiger partial charge in [-0.2, -0.15) is 0 Å². The van der Waals surface area contributed by atoms with E-state index >= 15 is 0 Å². The van der Waals surface area contributed by atoms with Gasteiger partial charge in [0.25, 0.3) is 0 Å². The number of ether oxygens (including phenoxy) is 4. The average Bonchev–Trinajstić information content (AvgIpc) is 2.91. The first-order valence-electron chi connectivity index (χ1n) is 11.9. The van der Waals surface area contributed by atoms with Gasteiger partial charge >= 0.3 is 5.97 Å². The summed E-state index contributed by atoms with van der Waals surface area (Å²) >= 11 is 0. The lowest BCUT2D eigenvalue weighted by Gasteiger charge is -2.39. The number of hydrogen-bond acceptors (Lipinski definition) is 12. The Morgan fingerprint density at radius 2 is 1.79 bits per heavy atom. The molecule has 1 saturated heterocycles. The van der Waals surface area contributed by atoms with E-state index in [-0.39, 0.29) is 40.4 Å². The first-order chi connectivity index (χ1) is 18.6. The molecular formula is C27H28O12. The number of phenols is 2. The Labute approximate surface area is 221 Å². The Kier molecular flexibility index (Phi) is 8.41. The normalized spacial score (nSPS) is 23.2. The molecule has 0 radical (unpaired) electrons. The predicted octanol–water partition coefficient (Wildman–Crippen LogP) is 1.58. The number of fused-ring (bicyclic) bond motifs is 1. The maximum atomic E-state index is 12.8. The van der Waals surface area contributed by atoms with Crippen molar-refractivity contribution in [3.63, 3.8) is 0 Å². The quantitative estimate of drug-likeness (QED) is 0.204. The minimum Gasteiger partial charge on any atom is -0.507 e. The highest BCUT2D eigenvalue weighted by Crippen LogP contribution is 2.35. The molecule has 2 aromatic carbocycles. The van der Waals surface area contributed by atoms with Gasteiger partial charge in [0.1, 0.15) is 59.3 Å². The van der Waals surface area contributed by atoms with Crippen molar-refractivity contribution in [1.82, 2.24) is 0 Å². The SMILES string of the molecule is C/C=C/CC(=O)OCC1OC(Oc2cc(O)c3c(=O)cc(-c4ccc(O)c(OC)c4)oc3c2)C(O)C(O)C1O. The fourth-order valence-corrected chi connectivity index (χ4v) is 4.02. The molecule has 1 fully saturated rings. The molecule has 5 N–H and O–H groups in total. The Balaban J connectivity index is 1.60. The number of esters is 1. The molecule has 1 aliphatic heterocycles. The number of carbonyl (C=O) groups excluding carboxylic acids is 1. The van der Waals surface area contributed by atoms with E-state index in [4.69, 9.17) is 23.4 Å². The van der Waals surface area contributed by atoms with E-state index in [2.05, 4.69) is 0 Å². The van der Waals surface area contributed by atoms with Crippen LogP contribution in [0.3, 0.4) is 0 Å². The van der Waals surface area contributed by atoms with Gasteiger partial charge in [0.2, 0.25) is 6.29 Å². The lowest BCUT2D eigenvalue weighted by Crippen LogP contribution is -2.60. The van der Waals surface area contributed by atoms with E-state index in [9.17, 15) is 35.1 Å². The lowest BCUT2D eigenvalue weighted by atomic mass is 9.99. The first kappa shape index (κ1) is 27.9. The van der Waals surface area contributed by atoms with E-state index in [0.29, 0.717) is 5.56 Å². The van der Waals surface area contributed by atoms with Crippen LogP contribution in [0.25, 0.3) is 22.3 Å². The minimum atomic E-state index is -1.71. The fourth-order valence-electron chi connectivity index (χ4n) is 4.02. The van der Waals surface area contributed by atoms with Gasteiger partial charge in [-0.3, -0.25) is 9.59 Å². The molecule has 2 heterocycles. The summed E-state index contributed by atoms with van der Waals surface area (Å²) in [4.78, 5) is 24.6. The van der Waals surface area contributed by atoms with Crippen molar-refractivity contribution in [3.05, 3.63) is 58.8 Å². The van der Waals surface area contributed by atoms with Crippen LogP contribution < -0.4 is 14.9 Å². The zero-order valence-electron chi connectivity index (χ0n) is 21.0. The largest absolute Gasteiger partial charge is 0.507 e. The second-order valence-corrected chi connectivity index (χ2v) is 8.77. The third-order valence-corrected chi connectivity index (χ3v) is 6.10. The summed E-state index contributed by atoms with van der Waals surface area (Å²) < 4.78 is 27.2. The number of benzene rings is 2. The molecular weight excluding hydrogens is 516 g/mol. The van der Waals surface area contributed by atoms with Crippen molar-refractivity contribution >= 4 is 16.9 Å². The van der Waals surface area contributed by atoms with Crippen LogP contribution in [0.1, 0.15) is 13.3 Å². The molecule has 0 bridgehead atoms. The number of phenolic OH excluding ortho intramolecular Hbond substituents is 2. The third-order valence-electron chi connectivity index (χ3n) is 6.10. The molecule has 5 unspecified atom stereocenters. The van der Waals surface area contributed by atoms with Crippen molar-refractivity contribution in [3.8, 4) is 34.3 Å². The zero-order chi connectivity index (χ0) is 28.3. The number of aliphatic hydroxyl groups is 3. The van der Waals surface area contributed by atoms with Gasteiger partial charge in [-0.05, 0) is 25.1 Å². The van der Waals surface area contributed by atoms with Gasteiger partial charge in [0.05, 0.1) is 13.5 Å². The number of hydrogen-bond donors (Lipinski definition) is 5. The summed E-state index contributed by atoms with van der Waals surface area (Å²) in [5, 5.41) is 51.2. The molecule has 4 rings (SSSR count). The summed E-state index contributed by atoms with van der Waals surface area (Å²) in [6, 6.07) is 7.88. The van der Waals surface area contributed by atoms with Crippen molar-refractivity contribution in [2.45, 2.75) is 44.1 Å². The van der Waals surface area contributed by atoms with Crippen molar-refractivity contribution in [2.75, 3.05) is 13.7 Å². The zero-order valence-corrected chi connectivity index (χ0v) is 21.0. The standard InChI is InChI=1S/C27H28O12/c1-3-4-5-22(31)36-12-21-24(32)25(33)26(34)27(39-21)37-14-9-16(29)23-17(30)11-18(38-20(23)10-14)13-6-7-15(28)19(8-13)35-2/h3-4,6-11,21,24-29,32-34H,5,12H2,1-2H3/b4-3+. The summed E-state index contributed by atoms with van der Waals surface area (Å²) in [6.07, 6.45) is -4.52. The van der Waals surface area contributed by atoms with Crippen LogP contribution in [0.2, 0.25) is 0 Å². The van der Waals surface area contributed by atoms with Crippen LogP contribution in [0.5, 0.6) is 23.0 Å². The van der Waals surface area contributed by atoms with Gasteiger partial charge in [-0.25, -0.2) is 0 Å². The maximum absolute atomic E-state index is 12.8. The number of allylic oxidation sites excluding steroid dienone is 1. The highest BCUT2D eigenvalue weighted by molar-refractivity contribution is 5.86. The highest BCUT2D eigenvalue weighted by atomic mass is 16.7. The molecule has 3 aromatic rings. The highest BCUT2D eigenvalue weighted by Gasteiger charge is 2.45. The average molecular weight is 545 g/mol. The lowest BCUT2D eigenvalue weighted by molar-refractivity contribution is -0.278. The van der Waals surface area contributed by atoms with E-state index in [1.54, 1.807) is 19.1 Å². The Morgan fingerprint density at radius 3 is 2.51 bits per heavy atom. The number of rotatable bonds is 8. The number of methoxy groups -OCH3 is 1. The maximum Gasteiger partial charge on any atom is 0.309 e. The second-order valence-electron chi connectivity index (χ2n) is 8.77. The van der Waals surface area contributed by atoms with Crippen molar-refractivity contribution < 1.29 is 53.7 Å². The summed E-state index contributed by atoms with van der Waals surface area (Å²) in [6.45, 7) is 1.32. The van der Waals surface area contributed by atoms with E-state index < -0.39 is 54.5 Å². The molecule has 0 saturated carbocycles. The molecule has 1 aliphatic rings. The van der Waals surface area contributed by atoms with E-state index in [1.807, 2.05) is 0 Å². The van der Waals surface area contributed by atoms with Gasteiger partial charge in [-0.1, -0.05) is 12.2 Å². The Hall–Kier alpha value is -4.10.